The van der Waals surface area contributed by atoms with E-state index in [-0.39, 0.29) is 0 Å². The topological polar surface area (TPSA) is 52.0 Å². The van der Waals surface area contributed by atoms with Gasteiger partial charge in [0.2, 0.25) is 5.95 Å². The van der Waals surface area contributed by atoms with Crippen LogP contribution in [-0.2, 0) is 0 Å². The fourth-order valence-electron chi connectivity index (χ4n) is 2.14. The van der Waals surface area contributed by atoms with Crippen molar-refractivity contribution in [1.82, 2.24) is 14.8 Å². The number of hydrogen-bond acceptors (Lipinski definition) is 4. The molecule has 1 aromatic heterocycles. The van der Waals surface area contributed by atoms with Gasteiger partial charge in [-0.2, -0.15) is 4.98 Å². The number of aryl methyl sites for hydroxylation is 1. The fraction of sp³-hybridized carbons (Fsp3) is 0.176. The highest BCUT2D eigenvalue weighted by Crippen LogP contribution is 2.24. The predicted octanol–water partition coefficient (Wildman–Crippen LogP) is 3.72. The van der Waals surface area contributed by atoms with Crippen molar-refractivity contribution in [2.75, 3.05) is 11.9 Å². The molecule has 0 unspecified atom stereocenters. The monoisotopic (exact) mass is 294 g/mol. The summed E-state index contributed by atoms with van der Waals surface area (Å²) >= 11 is 0. The molecule has 1 N–H and O–H groups in total. The summed E-state index contributed by atoms with van der Waals surface area (Å²) in [5, 5.41) is 7.68. The van der Waals surface area contributed by atoms with E-state index in [0.29, 0.717) is 12.6 Å². The molecule has 0 saturated heterocycles. The first kappa shape index (κ1) is 14.1. The summed E-state index contributed by atoms with van der Waals surface area (Å²) < 4.78 is 7.27. The Morgan fingerprint density at radius 1 is 1.14 bits per heavy atom. The van der Waals surface area contributed by atoms with E-state index in [1.165, 1.54) is 0 Å². The average Bonchev–Trinajstić information content (AvgIpc) is 3.00. The molecular weight excluding hydrogens is 276 g/mol. The standard InChI is InChI=1S/C17H18N4O/c1-3-22-15-10-9-13(2)16(11-15)19-17-18-12-21(20-17)14-7-5-4-6-8-14/h4-12H,3H2,1-2H3,(H,19,20). The molecule has 5 heteroatoms. The molecule has 0 amide bonds. The van der Waals surface area contributed by atoms with E-state index in [1.807, 2.05) is 62.4 Å². The second-order valence-electron chi connectivity index (χ2n) is 4.88. The zero-order valence-electron chi connectivity index (χ0n) is 12.7. The minimum absolute atomic E-state index is 0.556. The SMILES string of the molecule is CCOc1ccc(C)c(Nc2ncn(-c3ccccc3)n2)c1. The van der Waals surface area contributed by atoms with Gasteiger partial charge in [-0.15, -0.1) is 5.10 Å². The highest BCUT2D eigenvalue weighted by Gasteiger charge is 2.06. The van der Waals surface area contributed by atoms with Crippen molar-refractivity contribution in [3.8, 4) is 11.4 Å². The maximum Gasteiger partial charge on any atom is 0.246 e. The van der Waals surface area contributed by atoms with E-state index in [1.54, 1.807) is 11.0 Å². The maximum absolute atomic E-state index is 5.53. The summed E-state index contributed by atoms with van der Waals surface area (Å²) in [5.41, 5.74) is 3.03. The lowest BCUT2D eigenvalue weighted by Gasteiger charge is -2.09. The second-order valence-corrected chi connectivity index (χ2v) is 4.88. The lowest BCUT2D eigenvalue weighted by molar-refractivity contribution is 0.340. The van der Waals surface area contributed by atoms with Crippen LogP contribution in [-0.4, -0.2) is 21.4 Å². The van der Waals surface area contributed by atoms with Crippen molar-refractivity contribution >= 4 is 11.6 Å². The molecule has 1 heterocycles. The quantitative estimate of drug-likeness (QED) is 0.779. The van der Waals surface area contributed by atoms with Crippen LogP contribution in [0.15, 0.2) is 54.9 Å². The van der Waals surface area contributed by atoms with Gasteiger partial charge < -0.3 is 10.1 Å². The second kappa shape index (κ2) is 6.30. The van der Waals surface area contributed by atoms with Crippen molar-refractivity contribution in [2.24, 2.45) is 0 Å². The highest BCUT2D eigenvalue weighted by atomic mass is 16.5. The van der Waals surface area contributed by atoms with Crippen LogP contribution >= 0.6 is 0 Å². The van der Waals surface area contributed by atoms with E-state index in [0.717, 1.165) is 22.7 Å². The Morgan fingerprint density at radius 2 is 1.95 bits per heavy atom. The van der Waals surface area contributed by atoms with Crippen molar-refractivity contribution in [3.63, 3.8) is 0 Å². The molecule has 5 nitrogen and oxygen atoms in total. The third-order valence-corrected chi connectivity index (χ3v) is 3.28. The van der Waals surface area contributed by atoms with Gasteiger partial charge in [-0.1, -0.05) is 24.3 Å². The van der Waals surface area contributed by atoms with Gasteiger partial charge in [-0.25, -0.2) is 4.68 Å². The first-order valence-electron chi connectivity index (χ1n) is 7.24. The molecule has 22 heavy (non-hydrogen) atoms. The van der Waals surface area contributed by atoms with Gasteiger partial charge in [0.25, 0.3) is 0 Å². The summed E-state index contributed by atoms with van der Waals surface area (Å²) in [6.07, 6.45) is 1.69. The van der Waals surface area contributed by atoms with Crippen molar-refractivity contribution < 1.29 is 4.74 Å². The van der Waals surface area contributed by atoms with E-state index in [9.17, 15) is 0 Å². The summed E-state index contributed by atoms with van der Waals surface area (Å²) in [6.45, 7) is 4.64. The van der Waals surface area contributed by atoms with Crippen molar-refractivity contribution in [1.29, 1.82) is 0 Å². The number of nitrogens with zero attached hydrogens (tertiary/aromatic N) is 3. The molecule has 0 fully saturated rings. The molecule has 0 aliphatic rings. The molecule has 0 atom stereocenters. The zero-order valence-corrected chi connectivity index (χ0v) is 12.7. The molecule has 112 valence electrons. The number of aromatic nitrogens is 3. The number of benzene rings is 2. The number of ether oxygens (including phenoxy) is 1. The van der Waals surface area contributed by atoms with E-state index < -0.39 is 0 Å². The number of hydrogen-bond donors (Lipinski definition) is 1. The molecule has 0 aliphatic carbocycles. The average molecular weight is 294 g/mol. The third-order valence-electron chi connectivity index (χ3n) is 3.28. The zero-order chi connectivity index (χ0) is 15.4. The van der Waals surface area contributed by atoms with E-state index >= 15 is 0 Å². The molecule has 3 rings (SSSR count). The third kappa shape index (κ3) is 3.09. The lowest BCUT2D eigenvalue weighted by Crippen LogP contribution is -1.99. The molecule has 0 saturated carbocycles. The Kier molecular flexibility index (Phi) is 4.05. The maximum atomic E-state index is 5.53. The Morgan fingerprint density at radius 3 is 2.73 bits per heavy atom. The molecule has 0 aliphatic heterocycles. The molecule has 0 spiro atoms. The number of rotatable bonds is 5. The van der Waals surface area contributed by atoms with Gasteiger partial charge in [0.1, 0.15) is 12.1 Å². The summed E-state index contributed by atoms with van der Waals surface area (Å²) in [4.78, 5) is 4.30. The summed E-state index contributed by atoms with van der Waals surface area (Å²) in [6, 6.07) is 15.8. The van der Waals surface area contributed by atoms with Crippen molar-refractivity contribution in [2.45, 2.75) is 13.8 Å². The van der Waals surface area contributed by atoms with Gasteiger partial charge in [0, 0.05) is 11.8 Å². The Labute approximate surface area is 129 Å². The van der Waals surface area contributed by atoms with Crippen molar-refractivity contribution in [3.05, 3.63) is 60.4 Å². The van der Waals surface area contributed by atoms with Gasteiger partial charge in [0.05, 0.1) is 12.3 Å². The minimum atomic E-state index is 0.556. The highest BCUT2D eigenvalue weighted by molar-refractivity contribution is 5.60. The van der Waals surface area contributed by atoms with Gasteiger partial charge in [-0.05, 0) is 37.6 Å². The number of anilines is 2. The molecule has 3 aromatic rings. The summed E-state index contributed by atoms with van der Waals surface area (Å²) in [5.74, 6) is 1.39. The van der Waals surface area contributed by atoms with Gasteiger partial charge in [0.15, 0.2) is 0 Å². The van der Waals surface area contributed by atoms with Crippen LogP contribution in [0.5, 0.6) is 5.75 Å². The van der Waals surface area contributed by atoms with Crippen LogP contribution in [0.3, 0.4) is 0 Å². The first-order valence-corrected chi connectivity index (χ1v) is 7.24. The smallest absolute Gasteiger partial charge is 0.246 e. The largest absolute Gasteiger partial charge is 0.494 e. The van der Waals surface area contributed by atoms with Crippen LogP contribution in [0.1, 0.15) is 12.5 Å². The Balaban J connectivity index is 1.82. The van der Waals surface area contributed by atoms with E-state index in [4.69, 9.17) is 4.74 Å². The van der Waals surface area contributed by atoms with E-state index in [2.05, 4.69) is 15.4 Å². The van der Waals surface area contributed by atoms with Crippen LogP contribution < -0.4 is 10.1 Å². The predicted molar refractivity (Wildman–Crippen MR) is 87.0 cm³/mol. The molecule has 0 radical (unpaired) electrons. The molecule has 2 aromatic carbocycles. The minimum Gasteiger partial charge on any atom is -0.494 e. The fourth-order valence-corrected chi connectivity index (χ4v) is 2.14. The number of para-hydroxylation sites is 1. The van der Waals surface area contributed by atoms with Crippen LogP contribution in [0.4, 0.5) is 11.6 Å². The van der Waals surface area contributed by atoms with Crippen LogP contribution in [0.25, 0.3) is 5.69 Å². The molecule has 0 bridgehead atoms. The Bertz CT molecular complexity index is 752. The normalized spacial score (nSPS) is 10.5. The summed E-state index contributed by atoms with van der Waals surface area (Å²) in [7, 11) is 0. The number of nitrogens with one attached hydrogen (secondary N) is 1. The van der Waals surface area contributed by atoms with Gasteiger partial charge >= 0.3 is 0 Å². The molecular formula is C17H18N4O. The van der Waals surface area contributed by atoms with Crippen LogP contribution in [0, 0.1) is 6.92 Å². The lowest BCUT2D eigenvalue weighted by atomic mass is 10.2. The Hall–Kier alpha value is -2.82. The van der Waals surface area contributed by atoms with Gasteiger partial charge in [-0.3, -0.25) is 0 Å². The first-order chi connectivity index (χ1) is 10.8. The van der Waals surface area contributed by atoms with Crippen LogP contribution in [0.2, 0.25) is 0 Å².